The first-order valence-electron chi connectivity index (χ1n) is 11.3. The summed E-state index contributed by atoms with van der Waals surface area (Å²) < 4.78 is 0. The fourth-order valence-electron chi connectivity index (χ4n) is 4.50. The van der Waals surface area contributed by atoms with Crippen molar-refractivity contribution < 1.29 is 4.79 Å². The molecule has 3 aromatic rings. The van der Waals surface area contributed by atoms with Crippen LogP contribution >= 0.6 is 11.6 Å². The second kappa shape index (κ2) is 9.44. The highest BCUT2D eigenvalue weighted by atomic mass is 35.5. The van der Waals surface area contributed by atoms with Gasteiger partial charge in [0.05, 0.1) is 40.7 Å². The molecule has 4 heterocycles. The summed E-state index contributed by atoms with van der Waals surface area (Å²) in [6.07, 6.45) is 10.9. The number of hydrogen-bond donors (Lipinski definition) is 2. The van der Waals surface area contributed by atoms with E-state index in [4.69, 9.17) is 11.6 Å². The van der Waals surface area contributed by atoms with E-state index in [2.05, 4.69) is 38.7 Å². The molecule has 0 bridgehead atoms. The summed E-state index contributed by atoms with van der Waals surface area (Å²) in [5.41, 5.74) is 4.88. The predicted molar refractivity (Wildman–Crippen MR) is 141 cm³/mol. The van der Waals surface area contributed by atoms with Crippen molar-refractivity contribution in [2.24, 2.45) is 5.41 Å². The quantitative estimate of drug-likeness (QED) is 0.458. The third-order valence-electron chi connectivity index (χ3n) is 6.34. The Hall–Kier alpha value is -3.81. The Morgan fingerprint density at radius 1 is 1.20 bits per heavy atom. The van der Waals surface area contributed by atoms with Crippen molar-refractivity contribution in [2.45, 2.75) is 6.42 Å². The average Bonchev–Trinajstić information content (AvgIpc) is 3.22. The first-order valence-corrected chi connectivity index (χ1v) is 11.7. The molecule has 0 radical (unpaired) electrons. The number of benzene rings is 1. The average molecular weight is 485 g/mol. The van der Waals surface area contributed by atoms with E-state index in [-0.39, 0.29) is 11.3 Å². The van der Waals surface area contributed by atoms with Gasteiger partial charge in [-0.15, -0.1) is 0 Å². The summed E-state index contributed by atoms with van der Waals surface area (Å²) in [6, 6.07) is 9.78. The minimum Gasteiger partial charge on any atom is -0.323 e. The zero-order valence-corrected chi connectivity index (χ0v) is 19.9. The number of rotatable bonds is 7. The highest BCUT2D eigenvalue weighted by Crippen LogP contribution is 2.38. The maximum atomic E-state index is 12.6. The van der Waals surface area contributed by atoms with Crippen LogP contribution in [0, 0.1) is 5.41 Å². The molecular weight excluding hydrogens is 460 g/mol. The van der Waals surface area contributed by atoms with Crippen LogP contribution in [0.3, 0.4) is 0 Å². The minimum absolute atomic E-state index is 0.0512. The van der Waals surface area contributed by atoms with Gasteiger partial charge in [0.25, 0.3) is 0 Å². The van der Waals surface area contributed by atoms with Gasteiger partial charge in [-0.3, -0.25) is 9.78 Å². The number of allylic oxidation sites excluding steroid dienone is 4. The van der Waals surface area contributed by atoms with Crippen LogP contribution in [0.25, 0.3) is 16.8 Å². The molecule has 0 saturated carbocycles. The molecule has 5 rings (SSSR count). The van der Waals surface area contributed by atoms with Crippen LogP contribution in [0.1, 0.15) is 12.0 Å². The molecule has 1 spiro atoms. The number of nitrogens with zero attached hydrogens (tertiary/aromatic N) is 4. The first-order chi connectivity index (χ1) is 17.0. The lowest BCUT2D eigenvalue weighted by molar-refractivity contribution is -0.118. The van der Waals surface area contributed by atoms with Gasteiger partial charge in [-0.25, -0.2) is 9.97 Å². The Morgan fingerprint density at radius 2 is 2.06 bits per heavy atom. The van der Waals surface area contributed by atoms with Gasteiger partial charge in [0.15, 0.2) is 0 Å². The normalized spacial score (nSPS) is 16.8. The number of halogens is 1. The van der Waals surface area contributed by atoms with Crippen LogP contribution in [-0.4, -0.2) is 40.5 Å². The van der Waals surface area contributed by atoms with Crippen LogP contribution in [0.4, 0.5) is 17.3 Å². The van der Waals surface area contributed by atoms with Gasteiger partial charge in [-0.1, -0.05) is 61.2 Å². The molecule has 0 atom stereocenters. The Bertz CT molecular complexity index is 1350. The number of pyridine rings is 1. The Balaban J connectivity index is 1.40. The van der Waals surface area contributed by atoms with E-state index in [0.29, 0.717) is 35.3 Å². The molecular formula is C27H25ClN6O. The number of amides is 1. The molecule has 1 amide bonds. The standard InChI is InChI=1S/C27H25ClN6O/c1-3-6-18(4-2)19-7-5-8-20(9-19)25-23(28)14-31-26(33-25)32-21-10-22(13-29-12-21)34-17-27(11-24(34)35)15-30-16-27/h3-10,12-14,30H,1-2,11,15-17H2,(H,31,32,33)/b18-6+. The van der Waals surface area contributed by atoms with Gasteiger partial charge in [-0.05, 0) is 23.3 Å². The topological polar surface area (TPSA) is 83.0 Å². The predicted octanol–water partition coefficient (Wildman–Crippen LogP) is 5.02. The number of aromatic nitrogens is 3. The molecule has 2 saturated heterocycles. The summed E-state index contributed by atoms with van der Waals surface area (Å²) in [5, 5.41) is 6.92. The Kier molecular flexibility index (Phi) is 6.19. The number of carbonyl (C=O) groups excluding carboxylic acids is 1. The molecule has 2 aromatic heterocycles. The van der Waals surface area contributed by atoms with E-state index < -0.39 is 0 Å². The number of carbonyl (C=O) groups is 1. The van der Waals surface area contributed by atoms with Gasteiger partial charge >= 0.3 is 0 Å². The van der Waals surface area contributed by atoms with Crippen molar-refractivity contribution in [3.05, 3.63) is 90.9 Å². The zero-order chi connectivity index (χ0) is 24.4. The molecule has 7 nitrogen and oxygen atoms in total. The van der Waals surface area contributed by atoms with E-state index in [1.54, 1.807) is 30.7 Å². The second-order valence-corrected chi connectivity index (χ2v) is 9.26. The maximum absolute atomic E-state index is 12.6. The van der Waals surface area contributed by atoms with Crippen LogP contribution in [0.5, 0.6) is 0 Å². The molecule has 0 aliphatic carbocycles. The summed E-state index contributed by atoms with van der Waals surface area (Å²) in [5.74, 6) is 0.506. The van der Waals surface area contributed by atoms with E-state index in [1.807, 2.05) is 41.3 Å². The van der Waals surface area contributed by atoms with E-state index >= 15 is 0 Å². The summed E-state index contributed by atoms with van der Waals surface area (Å²) in [6.45, 7) is 10.1. The van der Waals surface area contributed by atoms with Gasteiger partial charge < -0.3 is 15.5 Å². The third-order valence-corrected chi connectivity index (χ3v) is 6.62. The fraction of sp³-hybridized carbons (Fsp3) is 0.185. The molecule has 2 N–H and O–H groups in total. The highest BCUT2D eigenvalue weighted by Gasteiger charge is 2.47. The molecule has 1 aromatic carbocycles. The largest absolute Gasteiger partial charge is 0.323 e. The molecule has 2 fully saturated rings. The van der Waals surface area contributed by atoms with Crippen LogP contribution in [0.2, 0.25) is 5.02 Å². The van der Waals surface area contributed by atoms with Crippen LogP contribution in [-0.2, 0) is 4.79 Å². The number of anilines is 3. The van der Waals surface area contributed by atoms with Crippen LogP contribution in [0.15, 0.2) is 80.3 Å². The lowest BCUT2D eigenvalue weighted by Crippen LogP contribution is -2.54. The maximum Gasteiger partial charge on any atom is 0.227 e. The summed E-state index contributed by atoms with van der Waals surface area (Å²) in [7, 11) is 0. The molecule has 0 unspecified atom stereocenters. The number of nitrogens with one attached hydrogen (secondary N) is 2. The van der Waals surface area contributed by atoms with Crippen LogP contribution < -0.4 is 15.5 Å². The van der Waals surface area contributed by atoms with Crippen molar-refractivity contribution in [3.8, 4) is 11.3 Å². The number of hydrogen-bond acceptors (Lipinski definition) is 6. The highest BCUT2D eigenvalue weighted by molar-refractivity contribution is 6.32. The van der Waals surface area contributed by atoms with Crippen molar-refractivity contribution in [2.75, 3.05) is 29.9 Å². The van der Waals surface area contributed by atoms with Crippen molar-refractivity contribution in [1.29, 1.82) is 0 Å². The Morgan fingerprint density at radius 3 is 2.77 bits per heavy atom. The molecule has 2 aliphatic rings. The van der Waals surface area contributed by atoms with Crippen molar-refractivity contribution >= 4 is 40.4 Å². The zero-order valence-electron chi connectivity index (χ0n) is 19.2. The van der Waals surface area contributed by atoms with Gasteiger partial charge in [-0.2, -0.15) is 0 Å². The summed E-state index contributed by atoms with van der Waals surface area (Å²) in [4.78, 5) is 27.8. The molecule has 2 aliphatic heterocycles. The smallest absolute Gasteiger partial charge is 0.227 e. The molecule has 176 valence electrons. The fourth-order valence-corrected chi connectivity index (χ4v) is 4.70. The molecule has 35 heavy (non-hydrogen) atoms. The monoisotopic (exact) mass is 484 g/mol. The molecule has 8 heteroatoms. The van der Waals surface area contributed by atoms with E-state index in [0.717, 1.165) is 35.5 Å². The lowest BCUT2D eigenvalue weighted by Gasteiger charge is -2.38. The van der Waals surface area contributed by atoms with E-state index in [9.17, 15) is 4.79 Å². The van der Waals surface area contributed by atoms with E-state index in [1.165, 1.54) is 0 Å². The van der Waals surface area contributed by atoms with Crippen molar-refractivity contribution in [3.63, 3.8) is 0 Å². The van der Waals surface area contributed by atoms with Crippen molar-refractivity contribution in [1.82, 2.24) is 20.3 Å². The summed E-state index contributed by atoms with van der Waals surface area (Å²) >= 11 is 6.47. The Labute approximate surface area is 209 Å². The minimum atomic E-state index is 0.0512. The van der Waals surface area contributed by atoms with Gasteiger partial charge in [0.2, 0.25) is 11.9 Å². The SMILES string of the molecule is C=C/C=C(\C=C)c1cccc(-c2nc(Nc3cncc(N4CC5(CNC5)CC4=O)c3)ncc2Cl)c1. The lowest BCUT2D eigenvalue weighted by atomic mass is 9.81. The van der Waals surface area contributed by atoms with Gasteiger partial charge in [0.1, 0.15) is 0 Å². The van der Waals surface area contributed by atoms with Gasteiger partial charge in [0, 0.05) is 37.0 Å². The second-order valence-electron chi connectivity index (χ2n) is 8.85. The first kappa shape index (κ1) is 23.0. The third kappa shape index (κ3) is 4.60.